The first-order chi connectivity index (χ1) is 16.6. The molecule has 0 saturated carbocycles. The van der Waals surface area contributed by atoms with E-state index < -0.39 is 0 Å². The van der Waals surface area contributed by atoms with Gasteiger partial charge in [-0.15, -0.1) is 10.2 Å². The van der Waals surface area contributed by atoms with E-state index in [-0.39, 0.29) is 11.2 Å². The van der Waals surface area contributed by atoms with Gasteiger partial charge >= 0.3 is 0 Å². The monoisotopic (exact) mass is 477 g/mol. The second-order valence-electron chi connectivity index (χ2n) is 9.05. The quantitative estimate of drug-likeness (QED) is 0.390. The molecule has 0 bridgehead atoms. The molecular weight excluding hydrogens is 442 g/mol. The zero-order chi connectivity index (χ0) is 23.9. The third kappa shape index (κ3) is 5.88. The first-order valence-corrected chi connectivity index (χ1v) is 13.2. The highest BCUT2D eigenvalue weighted by Crippen LogP contribution is 2.30. The summed E-state index contributed by atoms with van der Waals surface area (Å²) >= 11 is 1.45. The van der Waals surface area contributed by atoms with Gasteiger partial charge in [0.2, 0.25) is 5.91 Å². The van der Waals surface area contributed by atoms with Crippen LogP contribution in [0.25, 0.3) is 5.69 Å². The third-order valence-corrected chi connectivity index (χ3v) is 7.58. The molecule has 2 atom stereocenters. The van der Waals surface area contributed by atoms with Gasteiger partial charge in [0.15, 0.2) is 11.0 Å². The molecule has 180 valence electrons. The molecule has 0 aliphatic carbocycles. The first kappa shape index (κ1) is 24.5. The van der Waals surface area contributed by atoms with Gasteiger partial charge in [0, 0.05) is 11.4 Å². The Balaban J connectivity index is 1.53. The number of amides is 1. The van der Waals surface area contributed by atoms with Crippen LogP contribution < -0.4 is 5.32 Å². The predicted molar refractivity (Wildman–Crippen MR) is 140 cm³/mol. The Bertz CT molecular complexity index is 1080. The van der Waals surface area contributed by atoms with Crippen LogP contribution >= 0.6 is 11.8 Å². The van der Waals surface area contributed by atoms with Crippen LogP contribution in [0.1, 0.15) is 63.8 Å². The zero-order valence-electron chi connectivity index (χ0n) is 20.4. The lowest BCUT2D eigenvalue weighted by Gasteiger charge is -2.26. The lowest BCUT2D eigenvalue weighted by Crippen LogP contribution is -2.30. The van der Waals surface area contributed by atoms with Crippen molar-refractivity contribution in [3.63, 3.8) is 0 Å². The normalized spacial score (nSPS) is 16.2. The smallest absolute Gasteiger partial charge is 0.237 e. The van der Waals surface area contributed by atoms with Gasteiger partial charge < -0.3 is 5.32 Å². The average Bonchev–Trinajstić information content (AvgIpc) is 3.26. The van der Waals surface area contributed by atoms with E-state index in [4.69, 9.17) is 0 Å². The maximum absolute atomic E-state index is 13.2. The van der Waals surface area contributed by atoms with Crippen molar-refractivity contribution in [2.75, 3.05) is 18.4 Å². The van der Waals surface area contributed by atoms with E-state index in [0.29, 0.717) is 5.92 Å². The number of hydrogen-bond donors (Lipinski definition) is 1. The second-order valence-corrected chi connectivity index (χ2v) is 10.4. The maximum atomic E-state index is 13.2. The van der Waals surface area contributed by atoms with Crippen LogP contribution in [-0.4, -0.2) is 43.9 Å². The van der Waals surface area contributed by atoms with E-state index in [1.165, 1.54) is 36.6 Å². The van der Waals surface area contributed by atoms with Crippen LogP contribution in [0.15, 0.2) is 59.8 Å². The maximum Gasteiger partial charge on any atom is 0.237 e. The first-order valence-electron chi connectivity index (χ1n) is 12.3. The summed E-state index contributed by atoms with van der Waals surface area (Å²) in [5.74, 6) is 1.28. The van der Waals surface area contributed by atoms with Gasteiger partial charge in [-0.25, -0.2) is 0 Å². The Morgan fingerprint density at radius 2 is 1.71 bits per heavy atom. The lowest BCUT2D eigenvalue weighted by atomic mass is 9.97. The number of nitrogens with one attached hydrogen (secondary N) is 1. The molecule has 4 rings (SSSR count). The van der Waals surface area contributed by atoms with E-state index in [1.54, 1.807) is 0 Å². The van der Waals surface area contributed by atoms with Crippen LogP contribution in [0, 0.1) is 0 Å². The van der Waals surface area contributed by atoms with Crippen molar-refractivity contribution in [3.05, 3.63) is 66.0 Å². The summed E-state index contributed by atoms with van der Waals surface area (Å²) in [5, 5.41) is 12.6. The molecule has 7 heteroatoms. The number of nitrogens with zero attached hydrogens (tertiary/aromatic N) is 4. The zero-order valence-corrected chi connectivity index (χ0v) is 21.2. The number of piperidine rings is 1. The predicted octanol–water partition coefficient (Wildman–Crippen LogP) is 5.89. The van der Waals surface area contributed by atoms with Gasteiger partial charge in [-0.2, -0.15) is 0 Å². The largest absolute Gasteiger partial charge is 0.325 e. The fraction of sp³-hybridized carbons (Fsp3) is 0.444. The number of anilines is 1. The van der Waals surface area contributed by atoms with Crippen molar-refractivity contribution in [1.29, 1.82) is 0 Å². The number of para-hydroxylation sites is 2. The molecule has 0 radical (unpaired) electrons. The second kappa shape index (κ2) is 11.7. The number of thioether (sulfide) groups is 1. The summed E-state index contributed by atoms with van der Waals surface area (Å²) < 4.78 is 2.11. The van der Waals surface area contributed by atoms with Crippen molar-refractivity contribution in [3.8, 4) is 5.69 Å². The van der Waals surface area contributed by atoms with Crippen LogP contribution in [0.2, 0.25) is 0 Å². The number of benzene rings is 2. The van der Waals surface area contributed by atoms with E-state index in [2.05, 4.69) is 57.0 Å². The molecule has 2 unspecified atom stereocenters. The molecule has 1 aliphatic heterocycles. The Morgan fingerprint density at radius 3 is 2.44 bits per heavy atom. The molecule has 34 heavy (non-hydrogen) atoms. The van der Waals surface area contributed by atoms with Crippen molar-refractivity contribution in [2.24, 2.45) is 0 Å². The van der Waals surface area contributed by atoms with E-state index in [1.807, 2.05) is 43.3 Å². The molecule has 3 aromatic rings. The highest BCUT2D eigenvalue weighted by atomic mass is 32.2. The fourth-order valence-corrected chi connectivity index (χ4v) is 5.23. The fourth-order valence-electron chi connectivity index (χ4n) is 4.34. The number of likely N-dealkylation sites (tertiary alicyclic amines) is 1. The molecule has 1 aromatic heterocycles. The van der Waals surface area contributed by atoms with Crippen LogP contribution in [0.3, 0.4) is 0 Å². The molecule has 1 N–H and O–H groups in total. The molecule has 1 fully saturated rings. The van der Waals surface area contributed by atoms with Crippen LogP contribution in [0.5, 0.6) is 0 Å². The molecule has 1 aliphatic rings. The van der Waals surface area contributed by atoms with Crippen molar-refractivity contribution < 1.29 is 4.79 Å². The summed E-state index contributed by atoms with van der Waals surface area (Å²) in [7, 11) is 0. The summed E-state index contributed by atoms with van der Waals surface area (Å²) in [6.45, 7) is 9.25. The lowest BCUT2D eigenvalue weighted by molar-refractivity contribution is -0.115. The Hall–Kier alpha value is -2.64. The molecule has 1 amide bonds. The number of aromatic nitrogens is 3. The molecule has 2 heterocycles. The Kier molecular flexibility index (Phi) is 8.40. The topological polar surface area (TPSA) is 63.1 Å². The average molecular weight is 478 g/mol. The van der Waals surface area contributed by atoms with E-state index in [0.717, 1.165) is 48.4 Å². The van der Waals surface area contributed by atoms with Crippen LogP contribution in [-0.2, 0) is 11.3 Å². The summed E-state index contributed by atoms with van der Waals surface area (Å²) in [5.41, 5.74) is 3.09. The molecule has 1 saturated heterocycles. The summed E-state index contributed by atoms with van der Waals surface area (Å²) in [6, 6.07) is 18.3. The number of rotatable bonds is 9. The van der Waals surface area contributed by atoms with Gasteiger partial charge in [-0.1, -0.05) is 68.4 Å². The SMILES string of the molecule is CCC(C)c1ccccc1NC(=O)C(C)Sc1nnc(CN2CCCCC2)n1-c1ccccc1. The van der Waals surface area contributed by atoms with Gasteiger partial charge in [0.05, 0.1) is 11.8 Å². The van der Waals surface area contributed by atoms with E-state index in [9.17, 15) is 4.79 Å². The minimum absolute atomic E-state index is 0.0269. The molecule has 6 nitrogen and oxygen atoms in total. The third-order valence-electron chi connectivity index (χ3n) is 6.54. The Labute approximate surface area is 207 Å². The van der Waals surface area contributed by atoms with Crippen molar-refractivity contribution in [2.45, 2.75) is 69.3 Å². The Morgan fingerprint density at radius 1 is 1.00 bits per heavy atom. The molecule has 0 spiro atoms. The van der Waals surface area contributed by atoms with Gasteiger partial charge in [-0.3, -0.25) is 14.3 Å². The standard InChI is InChI=1S/C27H35N5OS/c1-4-20(2)23-15-9-10-16-24(23)28-26(33)21(3)34-27-30-29-25(19-31-17-11-6-12-18-31)32(27)22-13-7-5-8-14-22/h5,7-10,13-16,20-21H,4,6,11-12,17-19H2,1-3H3,(H,28,33). The van der Waals surface area contributed by atoms with Gasteiger partial charge in [-0.05, 0) is 69.0 Å². The van der Waals surface area contributed by atoms with Crippen molar-refractivity contribution in [1.82, 2.24) is 19.7 Å². The highest BCUT2D eigenvalue weighted by Gasteiger charge is 2.23. The van der Waals surface area contributed by atoms with Gasteiger partial charge in [0.25, 0.3) is 0 Å². The summed E-state index contributed by atoms with van der Waals surface area (Å²) in [6.07, 6.45) is 4.79. The number of hydrogen-bond acceptors (Lipinski definition) is 5. The van der Waals surface area contributed by atoms with Gasteiger partial charge in [0.1, 0.15) is 0 Å². The number of carbonyl (C=O) groups is 1. The van der Waals surface area contributed by atoms with Crippen molar-refractivity contribution >= 4 is 23.4 Å². The molecule has 2 aromatic carbocycles. The van der Waals surface area contributed by atoms with Crippen LogP contribution in [0.4, 0.5) is 5.69 Å². The number of carbonyl (C=O) groups excluding carboxylic acids is 1. The highest BCUT2D eigenvalue weighted by molar-refractivity contribution is 8.00. The minimum atomic E-state index is -0.320. The summed E-state index contributed by atoms with van der Waals surface area (Å²) in [4.78, 5) is 15.6. The van der Waals surface area contributed by atoms with E-state index >= 15 is 0 Å². The molecular formula is C27H35N5OS. The minimum Gasteiger partial charge on any atom is -0.325 e.